The molecule has 0 atom stereocenters. The van der Waals surface area contributed by atoms with Crippen molar-refractivity contribution >= 4 is 17.2 Å². The Morgan fingerprint density at radius 2 is 2.21 bits per heavy atom. The molecule has 1 aliphatic rings. The molecule has 0 unspecified atom stereocenters. The quantitative estimate of drug-likeness (QED) is 0.836. The van der Waals surface area contributed by atoms with Gasteiger partial charge in [-0.15, -0.1) is 11.3 Å². The van der Waals surface area contributed by atoms with Gasteiger partial charge in [-0.25, -0.2) is 4.98 Å². The summed E-state index contributed by atoms with van der Waals surface area (Å²) in [6.45, 7) is 1.10. The normalized spacial score (nSPS) is 15.2. The summed E-state index contributed by atoms with van der Waals surface area (Å²) in [6, 6.07) is 3.72. The number of nitrogens with zero attached hydrogens (tertiary/aromatic N) is 2. The Kier molecular flexibility index (Phi) is 6.18. The van der Waals surface area contributed by atoms with E-state index in [9.17, 15) is 4.79 Å². The molecule has 1 aliphatic carbocycles. The van der Waals surface area contributed by atoms with Gasteiger partial charge in [-0.3, -0.25) is 9.78 Å². The lowest BCUT2D eigenvalue weighted by atomic mass is 9.89. The van der Waals surface area contributed by atoms with E-state index in [1.165, 1.54) is 19.3 Å². The monoisotopic (exact) mass is 345 g/mol. The fraction of sp³-hybridized carbons (Fsp3) is 0.500. The van der Waals surface area contributed by atoms with Gasteiger partial charge in [0, 0.05) is 30.5 Å². The van der Waals surface area contributed by atoms with Crippen molar-refractivity contribution in [3.63, 3.8) is 0 Å². The number of carbonyl (C=O) groups is 1. The standard InChI is InChI=1S/C18H23N3O2S/c22-18(14-5-2-1-3-6-14)20-10-8-15-13-24-17(21-15)12-23-16-7-4-9-19-11-16/h4,7,9,11,13-14H,1-3,5-6,8,10,12H2,(H,20,22). The Hall–Kier alpha value is -1.95. The highest BCUT2D eigenvalue weighted by atomic mass is 32.1. The average Bonchev–Trinajstić information content (AvgIpc) is 3.09. The SMILES string of the molecule is O=C(NCCc1csc(COc2cccnc2)n1)C1CCCCC1. The number of thiazole rings is 1. The minimum Gasteiger partial charge on any atom is -0.485 e. The Bertz CT molecular complexity index is 639. The first-order valence-electron chi connectivity index (χ1n) is 8.55. The maximum atomic E-state index is 12.1. The number of pyridine rings is 1. The van der Waals surface area contributed by atoms with Gasteiger partial charge in [0.2, 0.25) is 5.91 Å². The molecule has 2 aromatic heterocycles. The molecule has 1 N–H and O–H groups in total. The second-order valence-corrected chi connectivity index (χ2v) is 7.03. The summed E-state index contributed by atoms with van der Waals surface area (Å²) in [5.74, 6) is 1.18. The van der Waals surface area contributed by atoms with Crippen LogP contribution in [-0.2, 0) is 17.8 Å². The highest BCUT2D eigenvalue weighted by Gasteiger charge is 2.20. The van der Waals surface area contributed by atoms with Crippen LogP contribution in [0.25, 0.3) is 0 Å². The van der Waals surface area contributed by atoms with Crippen molar-refractivity contribution < 1.29 is 9.53 Å². The van der Waals surface area contributed by atoms with E-state index in [4.69, 9.17) is 4.74 Å². The molecule has 0 aliphatic heterocycles. The van der Waals surface area contributed by atoms with E-state index >= 15 is 0 Å². The van der Waals surface area contributed by atoms with Crippen LogP contribution >= 0.6 is 11.3 Å². The number of amides is 1. The van der Waals surface area contributed by atoms with Gasteiger partial charge < -0.3 is 10.1 Å². The van der Waals surface area contributed by atoms with Crippen molar-refractivity contribution in [2.24, 2.45) is 5.92 Å². The molecule has 5 nitrogen and oxygen atoms in total. The van der Waals surface area contributed by atoms with E-state index in [0.29, 0.717) is 13.2 Å². The summed E-state index contributed by atoms with van der Waals surface area (Å²) in [6.07, 6.45) is 9.89. The number of hydrogen-bond donors (Lipinski definition) is 1. The molecular weight excluding hydrogens is 322 g/mol. The highest BCUT2D eigenvalue weighted by Crippen LogP contribution is 2.23. The number of hydrogen-bond acceptors (Lipinski definition) is 5. The average molecular weight is 345 g/mol. The maximum absolute atomic E-state index is 12.1. The van der Waals surface area contributed by atoms with E-state index < -0.39 is 0 Å². The summed E-state index contributed by atoms with van der Waals surface area (Å²) >= 11 is 1.59. The third kappa shape index (κ3) is 5.03. The molecule has 1 saturated carbocycles. The number of carbonyl (C=O) groups excluding carboxylic acids is 1. The van der Waals surface area contributed by atoms with Crippen LogP contribution in [0.5, 0.6) is 5.75 Å². The smallest absolute Gasteiger partial charge is 0.223 e. The summed E-state index contributed by atoms with van der Waals surface area (Å²) in [5.41, 5.74) is 1.01. The van der Waals surface area contributed by atoms with Crippen molar-refractivity contribution in [1.29, 1.82) is 0 Å². The van der Waals surface area contributed by atoms with Crippen molar-refractivity contribution in [3.8, 4) is 5.75 Å². The molecule has 3 rings (SSSR count). The maximum Gasteiger partial charge on any atom is 0.223 e. The van der Waals surface area contributed by atoms with E-state index in [1.54, 1.807) is 23.7 Å². The van der Waals surface area contributed by atoms with E-state index in [2.05, 4.69) is 15.3 Å². The van der Waals surface area contributed by atoms with Crippen molar-refractivity contribution in [2.75, 3.05) is 6.54 Å². The minimum atomic E-state index is 0.213. The number of nitrogens with one attached hydrogen (secondary N) is 1. The molecule has 128 valence electrons. The van der Waals surface area contributed by atoms with Gasteiger partial charge in [0.1, 0.15) is 17.4 Å². The largest absolute Gasteiger partial charge is 0.485 e. The molecule has 6 heteroatoms. The highest BCUT2D eigenvalue weighted by molar-refractivity contribution is 7.09. The topological polar surface area (TPSA) is 64.1 Å². The second-order valence-electron chi connectivity index (χ2n) is 6.09. The first-order valence-corrected chi connectivity index (χ1v) is 9.43. The molecule has 1 amide bonds. The lowest BCUT2D eigenvalue weighted by Crippen LogP contribution is -2.33. The second kappa shape index (κ2) is 8.78. The first-order chi connectivity index (χ1) is 11.8. The Balaban J connectivity index is 1.38. The predicted molar refractivity (Wildman–Crippen MR) is 94.0 cm³/mol. The summed E-state index contributed by atoms with van der Waals surface area (Å²) in [7, 11) is 0. The van der Waals surface area contributed by atoms with Crippen LogP contribution in [0, 0.1) is 5.92 Å². The zero-order chi connectivity index (χ0) is 16.6. The van der Waals surface area contributed by atoms with Gasteiger partial charge in [-0.05, 0) is 25.0 Å². The molecule has 0 spiro atoms. The minimum absolute atomic E-state index is 0.213. The van der Waals surface area contributed by atoms with Crippen LogP contribution < -0.4 is 10.1 Å². The summed E-state index contributed by atoms with van der Waals surface area (Å²) in [4.78, 5) is 20.7. The molecule has 0 bridgehead atoms. The lowest BCUT2D eigenvalue weighted by molar-refractivity contribution is -0.125. The molecule has 1 fully saturated rings. The van der Waals surface area contributed by atoms with Crippen LogP contribution in [-0.4, -0.2) is 22.4 Å². The number of rotatable bonds is 7. The predicted octanol–water partition coefficient (Wildman–Crippen LogP) is 3.36. The van der Waals surface area contributed by atoms with Crippen molar-refractivity contribution in [1.82, 2.24) is 15.3 Å². The van der Waals surface area contributed by atoms with Gasteiger partial charge in [0.05, 0.1) is 11.9 Å². The van der Waals surface area contributed by atoms with Gasteiger partial charge in [0.15, 0.2) is 0 Å². The van der Waals surface area contributed by atoms with Crippen LogP contribution in [0.15, 0.2) is 29.9 Å². The van der Waals surface area contributed by atoms with Gasteiger partial charge in [0.25, 0.3) is 0 Å². The zero-order valence-corrected chi connectivity index (χ0v) is 14.6. The summed E-state index contributed by atoms with van der Waals surface area (Å²) in [5, 5.41) is 6.03. The van der Waals surface area contributed by atoms with Crippen LogP contribution in [0.4, 0.5) is 0 Å². The van der Waals surface area contributed by atoms with Crippen molar-refractivity contribution in [3.05, 3.63) is 40.6 Å². The van der Waals surface area contributed by atoms with E-state index in [-0.39, 0.29) is 11.8 Å². The van der Waals surface area contributed by atoms with Crippen molar-refractivity contribution in [2.45, 2.75) is 45.1 Å². The molecule has 24 heavy (non-hydrogen) atoms. The van der Waals surface area contributed by atoms with Crippen LogP contribution in [0.1, 0.15) is 42.8 Å². The Morgan fingerprint density at radius 1 is 1.33 bits per heavy atom. The molecule has 0 saturated heterocycles. The van der Waals surface area contributed by atoms with Crippen LogP contribution in [0.2, 0.25) is 0 Å². The third-order valence-corrected chi connectivity index (χ3v) is 5.12. The number of ether oxygens (including phenoxy) is 1. The Morgan fingerprint density at radius 3 is 3.00 bits per heavy atom. The molecule has 2 heterocycles. The fourth-order valence-corrected chi connectivity index (χ4v) is 3.67. The van der Waals surface area contributed by atoms with Crippen LogP contribution in [0.3, 0.4) is 0 Å². The van der Waals surface area contributed by atoms with Gasteiger partial charge in [-0.2, -0.15) is 0 Å². The number of aromatic nitrogens is 2. The first kappa shape index (κ1) is 16.9. The fourth-order valence-electron chi connectivity index (χ4n) is 2.93. The van der Waals surface area contributed by atoms with Gasteiger partial charge >= 0.3 is 0 Å². The lowest BCUT2D eigenvalue weighted by Gasteiger charge is -2.20. The Labute approximate surface area is 146 Å². The van der Waals surface area contributed by atoms with E-state index in [0.717, 1.165) is 35.7 Å². The van der Waals surface area contributed by atoms with Gasteiger partial charge in [-0.1, -0.05) is 19.3 Å². The molecular formula is C18H23N3O2S. The molecule has 0 aromatic carbocycles. The summed E-state index contributed by atoms with van der Waals surface area (Å²) < 4.78 is 5.64. The van der Waals surface area contributed by atoms with E-state index in [1.807, 2.05) is 17.5 Å². The molecule has 0 radical (unpaired) electrons. The zero-order valence-electron chi connectivity index (χ0n) is 13.7. The third-order valence-electron chi connectivity index (χ3n) is 4.25. The molecule has 2 aromatic rings.